The lowest BCUT2D eigenvalue weighted by Gasteiger charge is -2.07. The third kappa shape index (κ3) is 2.73. The predicted molar refractivity (Wildman–Crippen MR) is 85.5 cm³/mol. The van der Waals surface area contributed by atoms with E-state index < -0.39 is 5.76 Å². The van der Waals surface area contributed by atoms with Gasteiger partial charge >= 0.3 is 5.76 Å². The van der Waals surface area contributed by atoms with Gasteiger partial charge in [-0.3, -0.25) is 4.57 Å². The molecule has 0 atom stereocenters. The SMILES string of the molecule is O=c1oc(-c2ccccc2)c(-c2ccccc2)n1CCCO. The van der Waals surface area contributed by atoms with Gasteiger partial charge < -0.3 is 9.52 Å². The normalized spacial score (nSPS) is 10.8. The quantitative estimate of drug-likeness (QED) is 0.786. The highest BCUT2D eigenvalue weighted by molar-refractivity contribution is 5.77. The summed E-state index contributed by atoms with van der Waals surface area (Å²) < 4.78 is 7.10. The molecule has 0 radical (unpaired) electrons. The van der Waals surface area contributed by atoms with Gasteiger partial charge in [0.2, 0.25) is 0 Å². The van der Waals surface area contributed by atoms with Crippen molar-refractivity contribution in [1.82, 2.24) is 4.57 Å². The smallest absolute Gasteiger partial charge is 0.407 e. The predicted octanol–water partition coefficient (Wildman–Crippen LogP) is 3.16. The van der Waals surface area contributed by atoms with Crippen molar-refractivity contribution in [1.29, 1.82) is 0 Å². The van der Waals surface area contributed by atoms with E-state index in [0.29, 0.717) is 18.7 Å². The van der Waals surface area contributed by atoms with E-state index in [1.165, 1.54) is 0 Å². The first kappa shape index (κ1) is 14.4. The highest BCUT2D eigenvalue weighted by Gasteiger charge is 2.19. The van der Waals surface area contributed by atoms with Gasteiger partial charge in [0, 0.05) is 24.3 Å². The maximum atomic E-state index is 12.2. The minimum Gasteiger partial charge on any atom is -0.407 e. The second kappa shape index (κ2) is 6.45. The first-order chi connectivity index (χ1) is 10.8. The number of aromatic nitrogens is 1. The molecule has 1 aromatic heterocycles. The number of aliphatic hydroxyl groups is 1. The number of aliphatic hydroxyl groups excluding tert-OH is 1. The molecule has 3 rings (SSSR count). The van der Waals surface area contributed by atoms with E-state index in [1.807, 2.05) is 60.7 Å². The minimum absolute atomic E-state index is 0.0342. The second-order valence-electron chi connectivity index (χ2n) is 5.01. The zero-order valence-electron chi connectivity index (χ0n) is 12.1. The fourth-order valence-corrected chi connectivity index (χ4v) is 2.50. The summed E-state index contributed by atoms with van der Waals surface area (Å²) in [6.07, 6.45) is 0.507. The zero-order valence-corrected chi connectivity index (χ0v) is 12.1. The molecule has 0 saturated heterocycles. The molecule has 0 amide bonds. The van der Waals surface area contributed by atoms with E-state index in [-0.39, 0.29) is 6.61 Å². The van der Waals surface area contributed by atoms with Crippen LogP contribution in [-0.4, -0.2) is 16.3 Å². The summed E-state index contributed by atoms with van der Waals surface area (Å²) in [5, 5.41) is 9.06. The van der Waals surface area contributed by atoms with Crippen molar-refractivity contribution in [2.24, 2.45) is 0 Å². The van der Waals surface area contributed by atoms with Gasteiger partial charge in [-0.1, -0.05) is 60.7 Å². The largest absolute Gasteiger partial charge is 0.419 e. The summed E-state index contributed by atoms with van der Waals surface area (Å²) in [5.41, 5.74) is 2.54. The van der Waals surface area contributed by atoms with Crippen LogP contribution in [0.4, 0.5) is 0 Å². The van der Waals surface area contributed by atoms with Gasteiger partial charge in [-0.2, -0.15) is 0 Å². The maximum Gasteiger partial charge on any atom is 0.419 e. The third-order valence-electron chi connectivity index (χ3n) is 3.52. The molecule has 22 heavy (non-hydrogen) atoms. The average Bonchev–Trinajstić information content (AvgIpc) is 2.91. The second-order valence-corrected chi connectivity index (χ2v) is 5.01. The van der Waals surface area contributed by atoms with Crippen LogP contribution in [0.1, 0.15) is 6.42 Å². The number of hydrogen-bond donors (Lipinski definition) is 1. The fourth-order valence-electron chi connectivity index (χ4n) is 2.50. The highest BCUT2D eigenvalue weighted by atomic mass is 16.4. The van der Waals surface area contributed by atoms with E-state index in [2.05, 4.69) is 0 Å². The first-order valence-corrected chi connectivity index (χ1v) is 7.26. The molecular weight excluding hydrogens is 278 g/mol. The lowest BCUT2D eigenvalue weighted by Crippen LogP contribution is -2.16. The topological polar surface area (TPSA) is 55.4 Å². The van der Waals surface area contributed by atoms with E-state index in [0.717, 1.165) is 16.8 Å². The Bertz CT molecular complexity index is 788. The van der Waals surface area contributed by atoms with Gasteiger partial charge in [0.05, 0.1) is 5.69 Å². The van der Waals surface area contributed by atoms with Crippen molar-refractivity contribution in [3.05, 3.63) is 71.2 Å². The highest BCUT2D eigenvalue weighted by Crippen LogP contribution is 2.31. The van der Waals surface area contributed by atoms with Crippen molar-refractivity contribution in [2.45, 2.75) is 13.0 Å². The van der Waals surface area contributed by atoms with E-state index in [4.69, 9.17) is 9.52 Å². The molecule has 0 aliphatic carbocycles. The summed E-state index contributed by atoms with van der Waals surface area (Å²) in [5.74, 6) is 0.167. The van der Waals surface area contributed by atoms with Gasteiger partial charge in [0.25, 0.3) is 0 Å². The molecule has 4 nitrogen and oxygen atoms in total. The van der Waals surface area contributed by atoms with Crippen LogP contribution in [0, 0.1) is 0 Å². The molecule has 0 aliphatic rings. The summed E-state index contributed by atoms with van der Waals surface area (Å²) in [6.45, 7) is 0.461. The molecule has 3 aromatic rings. The summed E-state index contributed by atoms with van der Waals surface area (Å²) in [6, 6.07) is 19.3. The van der Waals surface area contributed by atoms with Crippen molar-refractivity contribution in [3.8, 4) is 22.6 Å². The van der Waals surface area contributed by atoms with Crippen molar-refractivity contribution >= 4 is 0 Å². The molecule has 2 aromatic carbocycles. The fraction of sp³-hybridized carbons (Fsp3) is 0.167. The van der Waals surface area contributed by atoms with Crippen LogP contribution in [0.5, 0.6) is 0 Å². The van der Waals surface area contributed by atoms with Crippen molar-refractivity contribution < 1.29 is 9.52 Å². The molecule has 1 N–H and O–H groups in total. The molecule has 0 unspecified atom stereocenters. The van der Waals surface area contributed by atoms with Gasteiger partial charge in [0.15, 0.2) is 5.76 Å². The zero-order chi connectivity index (χ0) is 15.4. The summed E-state index contributed by atoms with van der Waals surface area (Å²) >= 11 is 0. The Morgan fingerprint density at radius 3 is 2.09 bits per heavy atom. The average molecular weight is 295 g/mol. The van der Waals surface area contributed by atoms with Crippen LogP contribution in [0.15, 0.2) is 69.9 Å². The Morgan fingerprint density at radius 1 is 0.909 bits per heavy atom. The lowest BCUT2D eigenvalue weighted by molar-refractivity contribution is 0.278. The standard InChI is InChI=1S/C18H17NO3/c20-13-7-12-19-16(14-8-3-1-4-9-14)17(22-18(19)21)15-10-5-2-6-11-15/h1-6,8-11,20H,7,12-13H2. The first-order valence-electron chi connectivity index (χ1n) is 7.26. The van der Waals surface area contributed by atoms with Crippen molar-refractivity contribution in [2.75, 3.05) is 6.61 Å². The Kier molecular flexibility index (Phi) is 4.21. The Labute approximate surface area is 128 Å². The van der Waals surface area contributed by atoms with Crippen molar-refractivity contribution in [3.63, 3.8) is 0 Å². The molecular formula is C18H17NO3. The van der Waals surface area contributed by atoms with Gasteiger partial charge in [0.1, 0.15) is 0 Å². The lowest BCUT2D eigenvalue weighted by atomic mass is 10.1. The third-order valence-corrected chi connectivity index (χ3v) is 3.52. The van der Waals surface area contributed by atoms with Crippen LogP contribution in [-0.2, 0) is 6.54 Å². The number of benzene rings is 2. The van der Waals surface area contributed by atoms with Gasteiger partial charge in [-0.25, -0.2) is 4.79 Å². The molecule has 1 heterocycles. The maximum absolute atomic E-state index is 12.2. The van der Waals surface area contributed by atoms with E-state index in [1.54, 1.807) is 4.57 Å². The van der Waals surface area contributed by atoms with Crippen LogP contribution in [0.3, 0.4) is 0 Å². The van der Waals surface area contributed by atoms with Crippen LogP contribution < -0.4 is 5.76 Å². The number of rotatable bonds is 5. The van der Waals surface area contributed by atoms with Crippen LogP contribution in [0.25, 0.3) is 22.6 Å². The summed E-state index contributed by atoms with van der Waals surface area (Å²) in [7, 11) is 0. The van der Waals surface area contributed by atoms with E-state index in [9.17, 15) is 4.79 Å². The molecule has 4 heteroatoms. The van der Waals surface area contributed by atoms with E-state index >= 15 is 0 Å². The van der Waals surface area contributed by atoms with Gasteiger partial charge in [-0.05, 0) is 6.42 Å². The minimum atomic E-state index is -0.397. The number of oxazole rings is 1. The molecule has 0 aliphatic heterocycles. The number of nitrogens with zero attached hydrogens (tertiary/aromatic N) is 1. The molecule has 0 fully saturated rings. The Balaban J connectivity index is 2.20. The Morgan fingerprint density at radius 2 is 1.50 bits per heavy atom. The molecule has 112 valence electrons. The van der Waals surface area contributed by atoms with Crippen LogP contribution >= 0.6 is 0 Å². The monoisotopic (exact) mass is 295 g/mol. The van der Waals surface area contributed by atoms with Gasteiger partial charge in [-0.15, -0.1) is 0 Å². The molecule has 0 saturated carbocycles. The summed E-state index contributed by atoms with van der Waals surface area (Å²) in [4.78, 5) is 12.2. The van der Waals surface area contributed by atoms with Crippen LogP contribution in [0.2, 0.25) is 0 Å². The molecule has 0 bridgehead atoms. The molecule has 0 spiro atoms. The number of hydrogen-bond acceptors (Lipinski definition) is 3. The Hall–Kier alpha value is -2.59.